The maximum absolute atomic E-state index is 6.10. The lowest BCUT2D eigenvalue weighted by Gasteiger charge is -2.17. The maximum atomic E-state index is 6.10. The minimum atomic E-state index is -0.0908. The van der Waals surface area contributed by atoms with Crippen LogP contribution in [0.1, 0.15) is 26.5 Å². The SMILES string of the molecule is CC(C)(C)n1cc(CNc2cc(Cl)c(Cl)cc2Cl)nn1. The van der Waals surface area contributed by atoms with Gasteiger partial charge in [0, 0.05) is 0 Å². The highest BCUT2D eigenvalue weighted by molar-refractivity contribution is 6.44. The molecule has 0 spiro atoms. The van der Waals surface area contributed by atoms with Gasteiger partial charge < -0.3 is 5.32 Å². The zero-order valence-corrected chi connectivity index (χ0v) is 13.7. The quantitative estimate of drug-likeness (QED) is 0.834. The number of aromatic nitrogens is 3. The summed E-state index contributed by atoms with van der Waals surface area (Å²) in [6.45, 7) is 6.70. The molecule has 0 aliphatic rings. The average Bonchev–Trinajstić information content (AvgIpc) is 2.80. The van der Waals surface area contributed by atoms with Gasteiger partial charge in [0.05, 0.1) is 39.0 Å². The molecule has 1 aromatic carbocycles. The molecule has 20 heavy (non-hydrogen) atoms. The molecular formula is C13H15Cl3N4. The van der Waals surface area contributed by atoms with Crippen LogP contribution in [-0.2, 0) is 12.1 Å². The number of rotatable bonds is 3. The van der Waals surface area contributed by atoms with Crippen molar-refractivity contribution >= 4 is 40.5 Å². The van der Waals surface area contributed by atoms with Crippen LogP contribution < -0.4 is 5.32 Å². The molecule has 0 fully saturated rings. The molecule has 0 aliphatic carbocycles. The van der Waals surface area contributed by atoms with E-state index in [0.29, 0.717) is 27.3 Å². The first-order valence-electron chi connectivity index (χ1n) is 6.07. The highest BCUT2D eigenvalue weighted by Crippen LogP contribution is 2.32. The van der Waals surface area contributed by atoms with E-state index >= 15 is 0 Å². The van der Waals surface area contributed by atoms with Gasteiger partial charge in [-0.2, -0.15) is 0 Å². The number of hydrogen-bond donors (Lipinski definition) is 1. The van der Waals surface area contributed by atoms with Gasteiger partial charge in [-0.05, 0) is 32.9 Å². The molecule has 1 N–H and O–H groups in total. The third kappa shape index (κ3) is 3.57. The van der Waals surface area contributed by atoms with Crippen LogP contribution in [0, 0.1) is 0 Å². The van der Waals surface area contributed by atoms with E-state index in [4.69, 9.17) is 34.8 Å². The van der Waals surface area contributed by atoms with Crippen LogP contribution in [-0.4, -0.2) is 15.0 Å². The van der Waals surface area contributed by atoms with Crippen LogP contribution in [0.5, 0.6) is 0 Å². The van der Waals surface area contributed by atoms with Crippen molar-refractivity contribution in [2.24, 2.45) is 0 Å². The first kappa shape index (κ1) is 15.4. The topological polar surface area (TPSA) is 42.7 Å². The van der Waals surface area contributed by atoms with Crippen molar-refractivity contribution < 1.29 is 0 Å². The Hall–Kier alpha value is -0.970. The maximum Gasteiger partial charge on any atom is 0.102 e. The lowest BCUT2D eigenvalue weighted by atomic mass is 10.1. The second-order valence-electron chi connectivity index (χ2n) is 5.42. The van der Waals surface area contributed by atoms with Crippen molar-refractivity contribution in [2.75, 3.05) is 5.32 Å². The summed E-state index contributed by atoms with van der Waals surface area (Å²) in [7, 11) is 0. The van der Waals surface area contributed by atoms with Gasteiger partial charge in [-0.15, -0.1) is 5.10 Å². The Kier molecular flexibility index (Phi) is 4.47. The van der Waals surface area contributed by atoms with Crippen LogP contribution >= 0.6 is 34.8 Å². The number of hydrogen-bond acceptors (Lipinski definition) is 3. The van der Waals surface area contributed by atoms with E-state index in [2.05, 4.69) is 36.4 Å². The fourth-order valence-electron chi connectivity index (χ4n) is 1.55. The molecule has 1 aromatic heterocycles. The van der Waals surface area contributed by atoms with Crippen LogP contribution in [0.15, 0.2) is 18.3 Å². The Bertz CT molecular complexity index is 617. The van der Waals surface area contributed by atoms with Crippen LogP contribution in [0.2, 0.25) is 15.1 Å². The Labute approximate surface area is 133 Å². The molecule has 1 heterocycles. The number of nitrogens with zero attached hydrogens (tertiary/aromatic N) is 3. The molecule has 0 radical (unpaired) electrons. The minimum Gasteiger partial charge on any atom is -0.378 e. The van der Waals surface area contributed by atoms with Gasteiger partial charge in [0.15, 0.2) is 0 Å². The molecule has 0 aliphatic heterocycles. The monoisotopic (exact) mass is 332 g/mol. The highest BCUT2D eigenvalue weighted by atomic mass is 35.5. The molecule has 0 bridgehead atoms. The Morgan fingerprint density at radius 1 is 1.10 bits per heavy atom. The zero-order valence-electron chi connectivity index (χ0n) is 11.4. The van der Waals surface area contributed by atoms with E-state index in [0.717, 1.165) is 5.69 Å². The molecular weight excluding hydrogens is 319 g/mol. The van der Waals surface area contributed by atoms with Crippen molar-refractivity contribution in [3.8, 4) is 0 Å². The number of anilines is 1. The van der Waals surface area contributed by atoms with Gasteiger partial charge >= 0.3 is 0 Å². The third-order valence-corrected chi connectivity index (χ3v) is 3.73. The lowest BCUT2D eigenvalue weighted by Crippen LogP contribution is -2.22. The first-order valence-corrected chi connectivity index (χ1v) is 7.21. The first-order chi connectivity index (χ1) is 9.27. The molecule has 0 atom stereocenters. The van der Waals surface area contributed by atoms with E-state index in [1.807, 2.05) is 10.9 Å². The summed E-state index contributed by atoms with van der Waals surface area (Å²) >= 11 is 18.0. The molecule has 2 aromatic rings. The predicted octanol–water partition coefficient (Wildman–Crippen LogP) is 4.61. The lowest BCUT2D eigenvalue weighted by molar-refractivity contribution is 0.347. The normalized spacial score (nSPS) is 11.7. The van der Waals surface area contributed by atoms with Gasteiger partial charge in [-0.1, -0.05) is 40.0 Å². The van der Waals surface area contributed by atoms with E-state index < -0.39 is 0 Å². The van der Waals surface area contributed by atoms with Gasteiger partial charge in [0.2, 0.25) is 0 Å². The average molecular weight is 334 g/mol. The molecule has 2 rings (SSSR count). The Morgan fingerprint density at radius 3 is 2.35 bits per heavy atom. The fraction of sp³-hybridized carbons (Fsp3) is 0.385. The zero-order chi connectivity index (χ0) is 14.9. The summed E-state index contributed by atoms with van der Waals surface area (Å²) in [4.78, 5) is 0. The standard InChI is InChI=1S/C13H15Cl3N4/c1-13(2,3)20-7-8(18-19-20)6-17-12-5-10(15)9(14)4-11(12)16/h4-5,7,17H,6H2,1-3H3. The van der Waals surface area contributed by atoms with E-state index in [1.165, 1.54) is 0 Å². The second kappa shape index (κ2) is 5.80. The van der Waals surface area contributed by atoms with E-state index in [1.54, 1.807) is 12.1 Å². The van der Waals surface area contributed by atoms with E-state index in [-0.39, 0.29) is 5.54 Å². The Balaban J connectivity index is 2.09. The Morgan fingerprint density at radius 2 is 1.75 bits per heavy atom. The summed E-state index contributed by atoms with van der Waals surface area (Å²) in [5.41, 5.74) is 1.44. The van der Waals surface area contributed by atoms with Crippen molar-refractivity contribution in [3.05, 3.63) is 39.1 Å². The molecule has 0 amide bonds. The van der Waals surface area contributed by atoms with Gasteiger partial charge in [-0.3, -0.25) is 0 Å². The van der Waals surface area contributed by atoms with Crippen molar-refractivity contribution in [3.63, 3.8) is 0 Å². The van der Waals surface area contributed by atoms with Gasteiger partial charge in [0.25, 0.3) is 0 Å². The highest BCUT2D eigenvalue weighted by Gasteiger charge is 2.15. The molecule has 0 saturated carbocycles. The fourth-order valence-corrected chi connectivity index (χ4v) is 2.16. The molecule has 4 nitrogen and oxygen atoms in total. The van der Waals surface area contributed by atoms with Crippen LogP contribution in [0.25, 0.3) is 0 Å². The predicted molar refractivity (Wildman–Crippen MR) is 83.8 cm³/mol. The van der Waals surface area contributed by atoms with Gasteiger partial charge in [-0.25, -0.2) is 4.68 Å². The molecule has 108 valence electrons. The summed E-state index contributed by atoms with van der Waals surface area (Å²) in [6.07, 6.45) is 1.90. The van der Waals surface area contributed by atoms with Gasteiger partial charge in [0.1, 0.15) is 5.69 Å². The van der Waals surface area contributed by atoms with Crippen molar-refractivity contribution in [2.45, 2.75) is 32.9 Å². The summed E-state index contributed by atoms with van der Waals surface area (Å²) in [5, 5.41) is 12.8. The van der Waals surface area contributed by atoms with Crippen LogP contribution in [0.3, 0.4) is 0 Å². The summed E-state index contributed by atoms with van der Waals surface area (Å²) < 4.78 is 1.82. The van der Waals surface area contributed by atoms with Crippen LogP contribution in [0.4, 0.5) is 5.69 Å². The number of halogens is 3. The summed E-state index contributed by atoms with van der Waals surface area (Å²) in [5.74, 6) is 0. The van der Waals surface area contributed by atoms with Crippen molar-refractivity contribution in [1.82, 2.24) is 15.0 Å². The summed E-state index contributed by atoms with van der Waals surface area (Å²) in [6, 6.07) is 3.31. The van der Waals surface area contributed by atoms with E-state index in [9.17, 15) is 0 Å². The smallest absolute Gasteiger partial charge is 0.102 e. The number of nitrogens with one attached hydrogen (secondary N) is 1. The van der Waals surface area contributed by atoms with Crippen molar-refractivity contribution in [1.29, 1.82) is 0 Å². The number of benzene rings is 1. The minimum absolute atomic E-state index is 0.0908. The molecule has 0 saturated heterocycles. The molecule has 0 unspecified atom stereocenters. The largest absolute Gasteiger partial charge is 0.378 e. The second-order valence-corrected chi connectivity index (χ2v) is 6.65. The third-order valence-electron chi connectivity index (χ3n) is 2.70. The molecule has 7 heteroatoms.